The standard InChI is InChI=1S/C21H15N5OS/c1-12-9-14(20-26-17-3-2-8-22-21(17)28-20)5-6-15(12)25-19(27)13-4-7-16-18(10-13)24-11-23-16/h2-11H,1H3,(H,23,24)(H,25,27). The largest absolute Gasteiger partial charge is 0.345 e. The van der Waals surface area contributed by atoms with E-state index in [1.165, 1.54) is 0 Å². The molecule has 5 aromatic rings. The molecule has 2 N–H and O–H groups in total. The molecule has 5 rings (SSSR count). The van der Waals surface area contributed by atoms with Crippen molar-refractivity contribution in [3.05, 3.63) is 72.2 Å². The molecule has 28 heavy (non-hydrogen) atoms. The van der Waals surface area contributed by atoms with E-state index >= 15 is 0 Å². The molecule has 0 fully saturated rings. The molecule has 0 atom stereocenters. The second kappa shape index (κ2) is 6.54. The Morgan fingerprint density at radius 3 is 2.86 bits per heavy atom. The number of hydrogen-bond donors (Lipinski definition) is 2. The lowest BCUT2D eigenvalue weighted by atomic mass is 10.1. The number of aromatic amines is 1. The number of benzene rings is 2. The summed E-state index contributed by atoms with van der Waals surface area (Å²) in [5, 5.41) is 3.90. The molecule has 0 unspecified atom stereocenters. The van der Waals surface area contributed by atoms with E-state index in [0.29, 0.717) is 5.56 Å². The van der Waals surface area contributed by atoms with E-state index in [9.17, 15) is 4.79 Å². The molecular weight excluding hydrogens is 370 g/mol. The van der Waals surface area contributed by atoms with Crippen molar-refractivity contribution in [3.63, 3.8) is 0 Å². The highest BCUT2D eigenvalue weighted by molar-refractivity contribution is 7.21. The first-order valence-electron chi connectivity index (χ1n) is 8.74. The Morgan fingerprint density at radius 1 is 1.07 bits per heavy atom. The van der Waals surface area contributed by atoms with Gasteiger partial charge in [-0.05, 0) is 61.0 Å². The summed E-state index contributed by atoms with van der Waals surface area (Å²) in [6.07, 6.45) is 3.39. The smallest absolute Gasteiger partial charge is 0.255 e. The number of nitrogens with zero attached hydrogens (tertiary/aromatic N) is 3. The minimum Gasteiger partial charge on any atom is -0.345 e. The van der Waals surface area contributed by atoms with Crippen LogP contribution in [-0.2, 0) is 0 Å². The lowest BCUT2D eigenvalue weighted by Crippen LogP contribution is -2.12. The van der Waals surface area contributed by atoms with Gasteiger partial charge in [0.2, 0.25) is 0 Å². The molecule has 6 nitrogen and oxygen atoms in total. The number of anilines is 1. The number of imidazole rings is 1. The Balaban J connectivity index is 1.42. The molecule has 7 heteroatoms. The molecule has 1 amide bonds. The van der Waals surface area contributed by atoms with Crippen LogP contribution < -0.4 is 5.32 Å². The predicted molar refractivity (Wildman–Crippen MR) is 112 cm³/mol. The van der Waals surface area contributed by atoms with Crippen molar-refractivity contribution in [3.8, 4) is 10.6 Å². The highest BCUT2D eigenvalue weighted by atomic mass is 32.1. The van der Waals surface area contributed by atoms with E-state index in [1.807, 2.05) is 43.3 Å². The number of thiazole rings is 1. The van der Waals surface area contributed by atoms with Gasteiger partial charge in [0, 0.05) is 23.0 Å². The minimum absolute atomic E-state index is 0.156. The van der Waals surface area contributed by atoms with Crippen LogP contribution in [0, 0.1) is 6.92 Å². The topological polar surface area (TPSA) is 83.6 Å². The number of nitrogens with one attached hydrogen (secondary N) is 2. The fourth-order valence-corrected chi connectivity index (χ4v) is 4.01. The van der Waals surface area contributed by atoms with E-state index in [-0.39, 0.29) is 5.91 Å². The van der Waals surface area contributed by atoms with Gasteiger partial charge in [0.25, 0.3) is 5.91 Å². The normalized spacial score (nSPS) is 11.2. The third-order valence-corrected chi connectivity index (χ3v) is 5.60. The summed E-state index contributed by atoms with van der Waals surface area (Å²) in [5.74, 6) is -0.156. The first-order valence-corrected chi connectivity index (χ1v) is 9.56. The Morgan fingerprint density at radius 2 is 2.00 bits per heavy atom. The molecule has 136 valence electrons. The van der Waals surface area contributed by atoms with Crippen molar-refractivity contribution in [2.75, 3.05) is 5.32 Å². The summed E-state index contributed by atoms with van der Waals surface area (Å²) in [5.41, 5.74) is 5.91. The molecule has 0 aliphatic heterocycles. The molecule has 0 saturated heterocycles. The Kier molecular flexibility index (Phi) is 3.87. The maximum Gasteiger partial charge on any atom is 0.255 e. The number of fused-ring (bicyclic) bond motifs is 2. The molecule has 3 aromatic heterocycles. The van der Waals surface area contributed by atoms with Crippen LogP contribution in [0.1, 0.15) is 15.9 Å². The Bertz CT molecular complexity index is 1300. The van der Waals surface area contributed by atoms with Crippen molar-refractivity contribution in [2.45, 2.75) is 6.92 Å². The number of pyridine rings is 1. The SMILES string of the molecule is Cc1cc(-c2nc3cccnc3s2)ccc1NC(=O)c1ccc2nc[nH]c2c1. The third-order valence-electron chi connectivity index (χ3n) is 4.57. The summed E-state index contributed by atoms with van der Waals surface area (Å²) in [6, 6.07) is 15.2. The number of rotatable bonds is 3. The van der Waals surface area contributed by atoms with Crippen LogP contribution in [0.25, 0.3) is 32.0 Å². The van der Waals surface area contributed by atoms with Crippen molar-refractivity contribution in [2.24, 2.45) is 0 Å². The summed E-state index contributed by atoms with van der Waals surface area (Å²) < 4.78 is 0. The average molecular weight is 385 g/mol. The summed E-state index contributed by atoms with van der Waals surface area (Å²) in [6.45, 7) is 1.97. The maximum absolute atomic E-state index is 12.6. The van der Waals surface area contributed by atoms with E-state index in [2.05, 4.69) is 25.3 Å². The molecule has 0 radical (unpaired) electrons. The van der Waals surface area contributed by atoms with Crippen LogP contribution in [-0.4, -0.2) is 25.8 Å². The van der Waals surface area contributed by atoms with Gasteiger partial charge >= 0.3 is 0 Å². The average Bonchev–Trinajstić information content (AvgIpc) is 3.35. The van der Waals surface area contributed by atoms with Crippen molar-refractivity contribution >= 4 is 44.3 Å². The van der Waals surface area contributed by atoms with Crippen LogP contribution in [0.5, 0.6) is 0 Å². The van der Waals surface area contributed by atoms with E-state index in [0.717, 1.165) is 43.2 Å². The van der Waals surface area contributed by atoms with Gasteiger partial charge in [0.05, 0.1) is 17.4 Å². The summed E-state index contributed by atoms with van der Waals surface area (Å²) >= 11 is 1.56. The number of aryl methyl sites for hydroxylation is 1. The van der Waals surface area contributed by atoms with Crippen LogP contribution in [0.3, 0.4) is 0 Å². The van der Waals surface area contributed by atoms with Crippen LogP contribution >= 0.6 is 11.3 Å². The summed E-state index contributed by atoms with van der Waals surface area (Å²) in [4.78, 5) is 29.8. The highest BCUT2D eigenvalue weighted by Gasteiger charge is 2.12. The first kappa shape index (κ1) is 16.6. The lowest BCUT2D eigenvalue weighted by molar-refractivity contribution is 0.102. The second-order valence-electron chi connectivity index (χ2n) is 6.46. The first-order chi connectivity index (χ1) is 13.7. The molecule has 0 saturated carbocycles. The molecule has 0 spiro atoms. The number of carbonyl (C=O) groups excluding carboxylic acids is 1. The lowest BCUT2D eigenvalue weighted by Gasteiger charge is -2.10. The van der Waals surface area contributed by atoms with Crippen molar-refractivity contribution in [1.82, 2.24) is 19.9 Å². The zero-order valence-electron chi connectivity index (χ0n) is 14.9. The number of H-pyrrole nitrogens is 1. The monoisotopic (exact) mass is 385 g/mol. The van der Waals surface area contributed by atoms with Gasteiger partial charge in [-0.1, -0.05) is 11.3 Å². The number of hydrogen-bond acceptors (Lipinski definition) is 5. The zero-order valence-corrected chi connectivity index (χ0v) is 15.7. The Hall–Kier alpha value is -3.58. The van der Waals surface area contributed by atoms with Crippen LogP contribution in [0.15, 0.2) is 61.1 Å². The molecular formula is C21H15N5OS. The fraction of sp³-hybridized carbons (Fsp3) is 0.0476. The van der Waals surface area contributed by atoms with Gasteiger partial charge in [0.15, 0.2) is 0 Å². The molecule has 2 aromatic carbocycles. The van der Waals surface area contributed by atoms with Crippen molar-refractivity contribution in [1.29, 1.82) is 0 Å². The number of carbonyl (C=O) groups is 1. The number of amides is 1. The quantitative estimate of drug-likeness (QED) is 0.467. The van der Waals surface area contributed by atoms with Gasteiger partial charge in [-0.2, -0.15) is 0 Å². The number of aromatic nitrogens is 4. The summed E-state index contributed by atoms with van der Waals surface area (Å²) in [7, 11) is 0. The van der Waals surface area contributed by atoms with Gasteiger partial charge in [-0.3, -0.25) is 4.79 Å². The van der Waals surface area contributed by atoms with Crippen molar-refractivity contribution < 1.29 is 4.79 Å². The highest BCUT2D eigenvalue weighted by Crippen LogP contribution is 2.31. The molecule has 0 aliphatic carbocycles. The zero-order chi connectivity index (χ0) is 19.1. The molecule has 0 bridgehead atoms. The molecule has 3 heterocycles. The van der Waals surface area contributed by atoms with Gasteiger partial charge in [0.1, 0.15) is 15.4 Å². The minimum atomic E-state index is -0.156. The maximum atomic E-state index is 12.6. The second-order valence-corrected chi connectivity index (χ2v) is 7.44. The Labute approximate surface area is 164 Å². The van der Waals surface area contributed by atoms with Crippen LogP contribution in [0.2, 0.25) is 0 Å². The van der Waals surface area contributed by atoms with Gasteiger partial charge in [-0.25, -0.2) is 15.0 Å². The van der Waals surface area contributed by atoms with E-state index in [4.69, 9.17) is 0 Å². The molecule has 0 aliphatic rings. The predicted octanol–water partition coefficient (Wildman–Crippen LogP) is 4.80. The van der Waals surface area contributed by atoms with E-state index in [1.54, 1.807) is 36.0 Å². The third kappa shape index (κ3) is 2.91. The van der Waals surface area contributed by atoms with Gasteiger partial charge in [-0.15, -0.1) is 0 Å². The fourth-order valence-electron chi connectivity index (χ4n) is 3.10. The van der Waals surface area contributed by atoms with Crippen LogP contribution in [0.4, 0.5) is 5.69 Å². The van der Waals surface area contributed by atoms with E-state index < -0.39 is 0 Å². The van der Waals surface area contributed by atoms with Gasteiger partial charge < -0.3 is 10.3 Å².